The molecule has 1 saturated carbocycles. The van der Waals surface area contributed by atoms with Gasteiger partial charge < -0.3 is 10.6 Å². The van der Waals surface area contributed by atoms with Gasteiger partial charge in [0, 0.05) is 12.3 Å². The molecule has 0 spiro atoms. The molecular formula is C20H24N6O3. The summed E-state index contributed by atoms with van der Waals surface area (Å²) in [6, 6.07) is 6.02. The minimum atomic E-state index is -0.786. The van der Waals surface area contributed by atoms with Crippen molar-refractivity contribution in [3.8, 4) is 0 Å². The second kappa shape index (κ2) is 8.42. The molecule has 4 rings (SSSR count). The van der Waals surface area contributed by atoms with Gasteiger partial charge in [-0.25, -0.2) is 0 Å². The summed E-state index contributed by atoms with van der Waals surface area (Å²) in [6.07, 6.45) is 6.03. The molecular weight excluding hydrogens is 372 g/mol. The topological polar surface area (TPSA) is 129 Å². The van der Waals surface area contributed by atoms with Crippen LogP contribution >= 0.6 is 0 Å². The molecule has 1 atom stereocenters. The molecule has 0 bridgehead atoms. The van der Waals surface area contributed by atoms with Crippen molar-refractivity contribution in [1.82, 2.24) is 20.5 Å². The summed E-state index contributed by atoms with van der Waals surface area (Å²) in [5.74, 6) is 0.450. The number of fused-ring (bicyclic) bond motifs is 1. The SMILES string of the molecule is O=C(CC[C@H]1NC(=O)c2ccccc2NC1=O)Nc1n[nH]c(C2CCCCC2)n1. The van der Waals surface area contributed by atoms with E-state index in [1.165, 1.54) is 19.3 Å². The molecule has 1 aromatic carbocycles. The van der Waals surface area contributed by atoms with E-state index in [2.05, 4.69) is 31.1 Å². The number of nitrogens with zero attached hydrogens (tertiary/aromatic N) is 2. The smallest absolute Gasteiger partial charge is 0.254 e. The molecule has 1 aliphatic heterocycles. The van der Waals surface area contributed by atoms with Crippen molar-refractivity contribution in [3.05, 3.63) is 35.7 Å². The van der Waals surface area contributed by atoms with Gasteiger partial charge in [-0.05, 0) is 31.4 Å². The van der Waals surface area contributed by atoms with E-state index in [0.717, 1.165) is 18.7 Å². The minimum absolute atomic E-state index is 0.0576. The summed E-state index contributed by atoms with van der Waals surface area (Å²) in [5, 5.41) is 15.1. The standard InChI is InChI=1S/C20H24N6O3/c27-16(23-20-24-17(25-26-20)12-6-2-1-3-7-12)11-10-15-19(29)21-14-9-5-4-8-13(14)18(28)22-15/h4-5,8-9,12,15H,1-3,6-7,10-11H2,(H,21,29)(H,22,28)(H2,23,24,25,26,27)/t15-/m1/s1. The highest BCUT2D eigenvalue weighted by molar-refractivity contribution is 6.09. The predicted octanol–water partition coefficient (Wildman–Crippen LogP) is 2.32. The highest BCUT2D eigenvalue weighted by atomic mass is 16.2. The number of carbonyl (C=O) groups excluding carboxylic acids is 3. The zero-order valence-electron chi connectivity index (χ0n) is 16.0. The first-order valence-electron chi connectivity index (χ1n) is 10.0. The molecule has 4 N–H and O–H groups in total. The Balaban J connectivity index is 1.31. The van der Waals surface area contributed by atoms with Gasteiger partial charge in [0.05, 0.1) is 11.3 Å². The van der Waals surface area contributed by atoms with Gasteiger partial charge >= 0.3 is 0 Å². The Labute approximate surface area is 168 Å². The highest BCUT2D eigenvalue weighted by Gasteiger charge is 2.28. The number of rotatable bonds is 5. The maximum Gasteiger partial charge on any atom is 0.254 e. The molecule has 0 saturated heterocycles. The molecule has 2 heterocycles. The van der Waals surface area contributed by atoms with E-state index in [1.807, 2.05) is 0 Å². The van der Waals surface area contributed by atoms with Crippen LogP contribution in [-0.4, -0.2) is 38.9 Å². The summed E-state index contributed by atoms with van der Waals surface area (Å²) in [7, 11) is 0. The molecule has 9 heteroatoms. The van der Waals surface area contributed by atoms with Crippen LogP contribution in [0.4, 0.5) is 11.6 Å². The quantitative estimate of drug-likeness (QED) is 0.616. The molecule has 3 amide bonds. The van der Waals surface area contributed by atoms with Gasteiger partial charge in [0.25, 0.3) is 5.91 Å². The highest BCUT2D eigenvalue weighted by Crippen LogP contribution is 2.30. The van der Waals surface area contributed by atoms with Crippen LogP contribution in [0.1, 0.15) is 67.0 Å². The Morgan fingerprint density at radius 2 is 1.93 bits per heavy atom. The van der Waals surface area contributed by atoms with Gasteiger partial charge in [-0.1, -0.05) is 31.4 Å². The van der Waals surface area contributed by atoms with Crippen LogP contribution in [0.25, 0.3) is 0 Å². The molecule has 0 unspecified atom stereocenters. The first-order chi connectivity index (χ1) is 14.1. The monoisotopic (exact) mass is 396 g/mol. The molecule has 1 fully saturated rings. The number of carbonyl (C=O) groups is 3. The summed E-state index contributed by atoms with van der Waals surface area (Å²) in [6.45, 7) is 0. The molecule has 1 aliphatic carbocycles. The Hall–Kier alpha value is -3.23. The lowest BCUT2D eigenvalue weighted by Crippen LogP contribution is -2.41. The zero-order chi connectivity index (χ0) is 20.2. The Morgan fingerprint density at radius 1 is 1.14 bits per heavy atom. The summed E-state index contributed by atoms with van der Waals surface area (Å²) < 4.78 is 0. The van der Waals surface area contributed by atoms with Gasteiger partial charge in [0.1, 0.15) is 11.9 Å². The minimum Gasteiger partial charge on any atom is -0.340 e. The molecule has 152 valence electrons. The van der Waals surface area contributed by atoms with Gasteiger partial charge in [-0.15, -0.1) is 5.10 Å². The maximum absolute atomic E-state index is 12.4. The van der Waals surface area contributed by atoms with Crippen molar-refractivity contribution < 1.29 is 14.4 Å². The number of amides is 3. The van der Waals surface area contributed by atoms with Crippen LogP contribution in [0.5, 0.6) is 0 Å². The molecule has 0 radical (unpaired) electrons. The Bertz CT molecular complexity index is 918. The lowest BCUT2D eigenvalue weighted by atomic mass is 9.89. The fourth-order valence-electron chi connectivity index (χ4n) is 3.87. The van der Waals surface area contributed by atoms with Crippen LogP contribution in [0.2, 0.25) is 0 Å². The second-order valence-corrected chi connectivity index (χ2v) is 7.53. The molecule has 2 aromatic rings. The number of hydrogen-bond donors (Lipinski definition) is 4. The summed E-state index contributed by atoms with van der Waals surface area (Å²) in [5.41, 5.74) is 0.877. The number of aromatic nitrogens is 3. The summed E-state index contributed by atoms with van der Waals surface area (Å²) >= 11 is 0. The fraction of sp³-hybridized carbons (Fsp3) is 0.450. The normalized spacial score (nSPS) is 19.7. The van der Waals surface area contributed by atoms with Crippen LogP contribution in [-0.2, 0) is 9.59 Å². The van der Waals surface area contributed by atoms with Gasteiger partial charge in [0.15, 0.2) is 0 Å². The number of benzene rings is 1. The van der Waals surface area contributed by atoms with Crippen molar-refractivity contribution in [3.63, 3.8) is 0 Å². The van der Waals surface area contributed by atoms with Crippen LogP contribution in [0.3, 0.4) is 0 Å². The van der Waals surface area contributed by atoms with E-state index in [4.69, 9.17) is 0 Å². The van der Waals surface area contributed by atoms with Crippen molar-refractivity contribution in [2.24, 2.45) is 0 Å². The Kier molecular flexibility index (Phi) is 5.55. The van der Waals surface area contributed by atoms with Gasteiger partial charge in [0.2, 0.25) is 17.8 Å². The molecule has 29 heavy (non-hydrogen) atoms. The maximum atomic E-state index is 12.4. The van der Waals surface area contributed by atoms with E-state index in [1.54, 1.807) is 24.3 Å². The van der Waals surface area contributed by atoms with Crippen LogP contribution in [0, 0.1) is 0 Å². The van der Waals surface area contributed by atoms with Crippen molar-refractivity contribution in [2.45, 2.75) is 56.9 Å². The number of hydrogen-bond acceptors (Lipinski definition) is 5. The third-order valence-electron chi connectivity index (χ3n) is 5.46. The number of aromatic amines is 1. The number of nitrogens with one attached hydrogen (secondary N) is 4. The van der Waals surface area contributed by atoms with Crippen LogP contribution in [0.15, 0.2) is 24.3 Å². The van der Waals surface area contributed by atoms with Crippen LogP contribution < -0.4 is 16.0 Å². The molecule has 2 aliphatic rings. The number of para-hydroxylation sites is 1. The number of anilines is 2. The third kappa shape index (κ3) is 4.44. The van der Waals surface area contributed by atoms with Crippen molar-refractivity contribution in [1.29, 1.82) is 0 Å². The fourth-order valence-corrected chi connectivity index (χ4v) is 3.87. The Morgan fingerprint density at radius 3 is 2.76 bits per heavy atom. The first kappa shape index (κ1) is 19.1. The zero-order valence-corrected chi connectivity index (χ0v) is 16.0. The lowest BCUT2D eigenvalue weighted by molar-refractivity contribution is -0.118. The average molecular weight is 396 g/mol. The van der Waals surface area contributed by atoms with Gasteiger partial charge in [-0.3, -0.25) is 24.8 Å². The molecule has 1 aromatic heterocycles. The third-order valence-corrected chi connectivity index (χ3v) is 5.46. The van der Waals surface area contributed by atoms with Gasteiger partial charge in [-0.2, -0.15) is 4.98 Å². The van der Waals surface area contributed by atoms with E-state index >= 15 is 0 Å². The van der Waals surface area contributed by atoms with E-state index in [9.17, 15) is 14.4 Å². The largest absolute Gasteiger partial charge is 0.340 e. The van der Waals surface area contributed by atoms with E-state index < -0.39 is 6.04 Å². The second-order valence-electron chi connectivity index (χ2n) is 7.53. The average Bonchev–Trinajstić information content (AvgIpc) is 3.15. The van der Waals surface area contributed by atoms with Crippen molar-refractivity contribution >= 4 is 29.4 Å². The lowest BCUT2D eigenvalue weighted by Gasteiger charge is -2.18. The van der Waals surface area contributed by atoms with Crippen molar-refractivity contribution in [2.75, 3.05) is 10.6 Å². The molecule has 9 nitrogen and oxygen atoms in total. The first-order valence-corrected chi connectivity index (χ1v) is 10.0. The van der Waals surface area contributed by atoms with E-state index in [-0.39, 0.29) is 36.5 Å². The predicted molar refractivity (Wildman–Crippen MR) is 106 cm³/mol. The number of H-pyrrole nitrogens is 1. The summed E-state index contributed by atoms with van der Waals surface area (Å²) in [4.78, 5) is 41.4. The van der Waals surface area contributed by atoms with E-state index in [0.29, 0.717) is 17.2 Å².